The second-order valence-corrected chi connectivity index (χ2v) is 4.73. The Balaban J connectivity index is 2.32. The van der Waals surface area contributed by atoms with Gasteiger partial charge in [0.05, 0.1) is 6.10 Å². The average Bonchev–Trinajstić information content (AvgIpc) is 2.30. The second-order valence-electron chi connectivity index (χ2n) is 4.73. The van der Waals surface area contributed by atoms with E-state index in [0.717, 1.165) is 18.8 Å². The standard InChI is InChI=1S/C12H24O/c1-3-5-12(13)11-7-4-6-10(2)8-9-11/h10-13H,3-9H2,1-2H3. The van der Waals surface area contributed by atoms with Crippen LogP contribution in [0.5, 0.6) is 0 Å². The fourth-order valence-corrected chi connectivity index (χ4v) is 2.43. The summed E-state index contributed by atoms with van der Waals surface area (Å²) < 4.78 is 0. The van der Waals surface area contributed by atoms with Crippen LogP contribution in [0.1, 0.15) is 58.8 Å². The first kappa shape index (κ1) is 11.0. The minimum Gasteiger partial charge on any atom is -0.393 e. The van der Waals surface area contributed by atoms with Gasteiger partial charge in [0.2, 0.25) is 0 Å². The molecule has 78 valence electrons. The van der Waals surface area contributed by atoms with E-state index in [0.29, 0.717) is 5.92 Å². The minimum absolute atomic E-state index is 0.0182. The van der Waals surface area contributed by atoms with Gasteiger partial charge in [0, 0.05) is 0 Å². The smallest absolute Gasteiger partial charge is 0.0568 e. The van der Waals surface area contributed by atoms with Crippen LogP contribution in [-0.4, -0.2) is 11.2 Å². The quantitative estimate of drug-likeness (QED) is 0.667. The summed E-state index contributed by atoms with van der Waals surface area (Å²) in [6, 6.07) is 0. The molecule has 3 atom stereocenters. The molecular formula is C12H24O. The third kappa shape index (κ3) is 3.68. The van der Waals surface area contributed by atoms with Crippen molar-refractivity contribution in [2.75, 3.05) is 0 Å². The molecule has 0 heterocycles. The molecule has 0 saturated heterocycles. The first-order valence-electron chi connectivity index (χ1n) is 5.92. The van der Waals surface area contributed by atoms with Crippen LogP contribution in [0.15, 0.2) is 0 Å². The van der Waals surface area contributed by atoms with Gasteiger partial charge in [0.15, 0.2) is 0 Å². The molecule has 0 aromatic heterocycles. The van der Waals surface area contributed by atoms with E-state index in [4.69, 9.17) is 0 Å². The van der Waals surface area contributed by atoms with E-state index in [1.165, 1.54) is 32.1 Å². The molecule has 0 aliphatic heterocycles. The lowest BCUT2D eigenvalue weighted by Crippen LogP contribution is -2.19. The predicted molar refractivity (Wildman–Crippen MR) is 56.7 cm³/mol. The number of aliphatic hydroxyl groups is 1. The predicted octanol–water partition coefficient (Wildman–Crippen LogP) is 3.36. The Hall–Kier alpha value is -0.0400. The van der Waals surface area contributed by atoms with Crippen molar-refractivity contribution in [3.05, 3.63) is 0 Å². The third-order valence-electron chi connectivity index (χ3n) is 3.43. The molecule has 1 saturated carbocycles. The summed E-state index contributed by atoms with van der Waals surface area (Å²) in [6.07, 6.45) is 8.63. The molecule has 1 aliphatic carbocycles. The van der Waals surface area contributed by atoms with Crippen LogP contribution >= 0.6 is 0 Å². The molecule has 0 spiro atoms. The SMILES string of the molecule is CCCC(O)C1CCCC(C)CC1. The van der Waals surface area contributed by atoms with Crippen LogP contribution in [-0.2, 0) is 0 Å². The third-order valence-corrected chi connectivity index (χ3v) is 3.43. The first-order valence-corrected chi connectivity index (χ1v) is 5.92. The maximum absolute atomic E-state index is 9.89. The van der Waals surface area contributed by atoms with Crippen LogP contribution in [0.2, 0.25) is 0 Å². The van der Waals surface area contributed by atoms with Gasteiger partial charge >= 0.3 is 0 Å². The van der Waals surface area contributed by atoms with Gasteiger partial charge < -0.3 is 5.11 Å². The van der Waals surface area contributed by atoms with Crippen molar-refractivity contribution < 1.29 is 5.11 Å². The molecule has 0 aromatic rings. The molecule has 1 fully saturated rings. The lowest BCUT2D eigenvalue weighted by atomic mass is 9.91. The molecule has 0 amide bonds. The van der Waals surface area contributed by atoms with E-state index in [2.05, 4.69) is 13.8 Å². The number of aliphatic hydroxyl groups excluding tert-OH is 1. The number of hydrogen-bond acceptors (Lipinski definition) is 1. The maximum Gasteiger partial charge on any atom is 0.0568 e. The Morgan fingerprint density at radius 2 is 2.00 bits per heavy atom. The molecule has 0 radical (unpaired) electrons. The van der Waals surface area contributed by atoms with Gasteiger partial charge in [-0.2, -0.15) is 0 Å². The lowest BCUT2D eigenvalue weighted by molar-refractivity contribution is 0.0889. The van der Waals surface area contributed by atoms with Crippen LogP contribution in [0, 0.1) is 11.8 Å². The molecule has 0 bridgehead atoms. The van der Waals surface area contributed by atoms with E-state index in [9.17, 15) is 5.11 Å². The first-order chi connectivity index (χ1) is 6.24. The molecule has 3 unspecified atom stereocenters. The molecule has 13 heavy (non-hydrogen) atoms. The summed E-state index contributed by atoms with van der Waals surface area (Å²) in [4.78, 5) is 0. The van der Waals surface area contributed by atoms with Crippen LogP contribution in [0.25, 0.3) is 0 Å². The van der Waals surface area contributed by atoms with Crippen molar-refractivity contribution in [2.24, 2.45) is 11.8 Å². The second kappa shape index (κ2) is 5.64. The Morgan fingerprint density at radius 3 is 2.69 bits per heavy atom. The summed E-state index contributed by atoms with van der Waals surface area (Å²) >= 11 is 0. The highest BCUT2D eigenvalue weighted by atomic mass is 16.3. The number of rotatable bonds is 3. The highest BCUT2D eigenvalue weighted by Gasteiger charge is 2.21. The zero-order valence-corrected chi connectivity index (χ0v) is 9.13. The molecule has 1 rings (SSSR count). The van der Waals surface area contributed by atoms with E-state index < -0.39 is 0 Å². The van der Waals surface area contributed by atoms with Gasteiger partial charge in [-0.05, 0) is 31.1 Å². The maximum atomic E-state index is 9.89. The van der Waals surface area contributed by atoms with Crippen molar-refractivity contribution in [1.82, 2.24) is 0 Å². The minimum atomic E-state index is -0.0182. The van der Waals surface area contributed by atoms with Gasteiger partial charge in [-0.1, -0.05) is 39.5 Å². The fourth-order valence-electron chi connectivity index (χ4n) is 2.43. The zero-order valence-electron chi connectivity index (χ0n) is 9.13. The summed E-state index contributed by atoms with van der Waals surface area (Å²) in [5.74, 6) is 1.49. The Labute approximate surface area is 82.5 Å². The topological polar surface area (TPSA) is 20.2 Å². The van der Waals surface area contributed by atoms with Gasteiger partial charge in [0.1, 0.15) is 0 Å². The van der Waals surface area contributed by atoms with E-state index in [-0.39, 0.29) is 6.10 Å². The summed E-state index contributed by atoms with van der Waals surface area (Å²) in [6.45, 7) is 4.50. The Kier molecular flexibility index (Phi) is 4.79. The monoisotopic (exact) mass is 184 g/mol. The van der Waals surface area contributed by atoms with Crippen molar-refractivity contribution >= 4 is 0 Å². The van der Waals surface area contributed by atoms with E-state index in [1.807, 2.05) is 0 Å². The van der Waals surface area contributed by atoms with Gasteiger partial charge in [0.25, 0.3) is 0 Å². The van der Waals surface area contributed by atoms with Crippen LogP contribution in [0.3, 0.4) is 0 Å². The summed E-state index contributed by atoms with van der Waals surface area (Å²) in [5, 5.41) is 9.89. The summed E-state index contributed by atoms with van der Waals surface area (Å²) in [5.41, 5.74) is 0. The number of hydrogen-bond donors (Lipinski definition) is 1. The largest absolute Gasteiger partial charge is 0.393 e. The van der Waals surface area contributed by atoms with Crippen molar-refractivity contribution in [3.8, 4) is 0 Å². The Morgan fingerprint density at radius 1 is 1.23 bits per heavy atom. The van der Waals surface area contributed by atoms with Gasteiger partial charge in [-0.3, -0.25) is 0 Å². The highest BCUT2D eigenvalue weighted by Crippen LogP contribution is 2.30. The highest BCUT2D eigenvalue weighted by molar-refractivity contribution is 4.73. The molecule has 1 nitrogen and oxygen atoms in total. The zero-order chi connectivity index (χ0) is 9.68. The molecule has 1 aliphatic rings. The van der Waals surface area contributed by atoms with E-state index >= 15 is 0 Å². The summed E-state index contributed by atoms with van der Waals surface area (Å²) in [7, 11) is 0. The van der Waals surface area contributed by atoms with E-state index in [1.54, 1.807) is 0 Å². The van der Waals surface area contributed by atoms with Gasteiger partial charge in [-0.25, -0.2) is 0 Å². The van der Waals surface area contributed by atoms with Crippen molar-refractivity contribution in [1.29, 1.82) is 0 Å². The molecule has 0 aromatic carbocycles. The molecule has 1 N–H and O–H groups in total. The van der Waals surface area contributed by atoms with Crippen molar-refractivity contribution in [3.63, 3.8) is 0 Å². The molecular weight excluding hydrogens is 160 g/mol. The lowest BCUT2D eigenvalue weighted by Gasteiger charge is -2.20. The average molecular weight is 184 g/mol. The van der Waals surface area contributed by atoms with Crippen molar-refractivity contribution in [2.45, 2.75) is 64.9 Å². The van der Waals surface area contributed by atoms with Crippen LogP contribution < -0.4 is 0 Å². The Bertz CT molecular complexity index is 133. The van der Waals surface area contributed by atoms with Gasteiger partial charge in [-0.15, -0.1) is 0 Å². The normalized spacial score (nSPS) is 32.5. The van der Waals surface area contributed by atoms with Crippen LogP contribution in [0.4, 0.5) is 0 Å². The fraction of sp³-hybridized carbons (Fsp3) is 1.00. The molecule has 1 heteroatoms.